The van der Waals surface area contributed by atoms with E-state index in [1.165, 1.54) is 19.3 Å². The molecule has 0 aromatic carbocycles. The Labute approximate surface area is 70.0 Å². The summed E-state index contributed by atoms with van der Waals surface area (Å²) in [5.41, 5.74) is 6.42. The molecule has 0 aliphatic heterocycles. The fourth-order valence-corrected chi connectivity index (χ4v) is 1.83. The summed E-state index contributed by atoms with van der Waals surface area (Å²) in [5, 5.41) is 0. The Kier molecular flexibility index (Phi) is 2.53. The van der Waals surface area contributed by atoms with Crippen molar-refractivity contribution in [2.24, 2.45) is 0 Å². The first kappa shape index (κ1) is 8.58. The minimum Gasteiger partial charge on any atom is -0.0632 e. The van der Waals surface area contributed by atoms with Crippen LogP contribution in [0, 0.1) is 0 Å². The van der Waals surface area contributed by atoms with Gasteiger partial charge in [-0.05, 0) is 44.3 Å². The van der Waals surface area contributed by atoms with Crippen LogP contribution in [0.15, 0.2) is 22.3 Å². The SMILES string of the molecule is CCC1=C(C)C(C)=C(CC)C1. The summed E-state index contributed by atoms with van der Waals surface area (Å²) in [6, 6.07) is 0. The fourth-order valence-electron chi connectivity index (χ4n) is 1.83. The summed E-state index contributed by atoms with van der Waals surface area (Å²) >= 11 is 0. The van der Waals surface area contributed by atoms with Crippen molar-refractivity contribution in [2.75, 3.05) is 0 Å². The first-order valence-corrected chi connectivity index (χ1v) is 4.58. The number of allylic oxidation sites excluding steroid dienone is 4. The molecule has 0 radical (unpaired) electrons. The van der Waals surface area contributed by atoms with Gasteiger partial charge in [-0.2, -0.15) is 0 Å². The van der Waals surface area contributed by atoms with Crippen LogP contribution >= 0.6 is 0 Å². The maximum absolute atomic E-state index is 2.26. The zero-order chi connectivity index (χ0) is 8.43. The molecule has 0 atom stereocenters. The van der Waals surface area contributed by atoms with Crippen LogP contribution < -0.4 is 0 Å². The van der Waals surface area contributed by atoms with Crippen molar-refractivity contribution in [3.63, 3.8) is 0 Å². The van der Waals surface area contributed by atoms with Crippen molar-refractivity contribution < 1.29 is 0 Å². The highest BCUT2D eigenvalue weighted by Crippen LogP contribution is 2.34. The Balaban J connectivity index is 2.85. The van der Waals surface area contributed by atoms with E-state index in [0.29, 0.717) is 0 Å². The van der Waals surface area contributed by atoms with Crippen LogP contribution in [0.3, 0.4) is 0 Å². The maximum Gasteiger partial charge on any atom is -0.00970 e. The van der Waals surface area contributed by atoms with Gasteiger partial charge in [-0.25, -0.2) is 0 Å². The standard InChI is InChI=1S/C11H18/c1-5-10-7-11(6-2)9(4)8(10)3/h5-7H2,1-4H3. The molecule has 0 fully saturated rings. The van der Waals surface area contributed by atoms with E-state index in [-0.39, 0.29) is 0 Å². The van der Waals surface area contributed by atoms with Crippen LogP contribution in [0.2, 0.25) is 0 Å². The van der Waals surface area contributed by atoms with Gasteiger partial charge >= 0.3 is 0 Å². The van der Waals surface area contributed by atoms with Crippen LogP contribution in [0.4, 0.5) is 0 Å². The van der Waals surface area contributed by atoms with E-state index < -0.39 is 0 Å². The number of rotatable bonds is 2. The Morgan fingerprint density at radius 1 is 0.909 bits per heavy atom. The third-order valence-corrected chi connectivity index (χ3v) is 2.90. The molecule has 0 aromatic rings. The third-order valence-electron chi connectivity index (χ3n) is 2.90. The van der Waals surface area contributed by atoms with Gasteiger partial charge in [-0.3, -0.25) is 0 Å². The lowest BCUT2D eigenvalue weighted by atomic mass is 10.1. The van der Waals surface area contributed by atoms with E-state index in [1.807, 2.05) is 0 Å². The second kappa shape index (κ2) is 3.25. The minimum absolute atomic E-state index is 1.23. The van der Waals surface area contributed by atoms with Crippen molar-refractivity contribution in [2.45, 2.75) is 47.0 Å². The predicted molar refractivity (Wildman–Crippen MR) is 50.6 cm³/mol. The molecule has 0 unspecified atom stereocenters. The smallest absolute Gasteiger partial charge is 0.00970 e. The van der Waals surface area contributed by atoms with E-state index in [9.17, 15) is 0 Å². The topological polar surface area (TPSA) is 0 Å². The molecule has 0 N–H and O–H groups in total. The highest BCUT2D eigenvalue weighted by molar-refractivity contribution is 5.44. The van der Waals surface area contributed by atoms with Gasteiger partial charge in [-0.15, -0.1) is 0 Å². The van der Waals surface area contributed by atoms with Gasteiger partial charge < -0.3 is 0 Å². The molecule has 11 heavy (non-hydrogen) atoms. The van der Waals surface area contributed by atoms with Crippen LogP contribution in [-0.4, -0.2) is 0 Å². The Hall–Kier alpha value is -0.520. The summed E-state index contributed by atoms with van der Waals surface area (Å²) in [5.74, 6) is 0. The van der Waals surface area contributed by atoms with Gasteiger partial charge in [0, 0.05) is 0 Å². The molecular weight excluding hydrogens is 132 g/mol. The molecule has 0 spiro atoms. The van der Waals surface area contributed by atoms with E-state index in [0.717, 1.165) is 0 Å². The number of hydrogen-bond acceptors (Lipinski definition) is 0. The predicted octanol–water partition coefficient (Wildman–Crippen LogP) is 3.84. The molecule has 1 aliphatic carbocycles. The van der Waals surface area contributed by atoms with Crippen molar-refractivity contribution in [1.82, 2.24) is 0 Å². The second-order valence-electron chi connectivity index (χ2n) is 3.34. The maximum atomic E-state index is 2.26. The van der Waals surface area contributed by atoms with Gasteiger partial charge in [0.1, 0.15) is 0 Å². The molecule has 0 saturated carbocycles. The van der Waals surface area contributed by atoms with Crippen LogP contribution in [0.1, 0.15) is 47.0 Å². The Bertz CT molecular complexity index is 192. The summed E-state index contributed by atoms with van der Waals surface area (Å²) in [6.07, 6.45) is 3.71. The normalized spacial score (nSPS) is 18.5. The monoisotopic (exact) mass is 150 g/mol. The zero-order valence-corrected chi connectivity index (χ0v) is 8.12. The van der Waals surface area contributed by atoms with Crippen molar-refractivity contribution in [3.05, 3.63) is 22.3 Å². The molecule has 0 bridgehead atoms. The zero-order valence-electron chi connectivity index (χ0n) is 8.12. The average molecular weight is 150 g/mol. The summed E-state index contributed by atoms with van der Waals surface area (Å²) in [6.45, 7) is 9.03. The fraction of sp³-hybridized carbons (Fsp3) is 0.636. The van der Waals surface area contributed by atoms with E-state index >= 15 is 0 Å². The van der Waals surface area contributed by atoms with E-state index in [1.54, 1.807) is 22.3 Å². The largest absolute Gasteiger partial charge is 0.0632 e. The quantitative estimate of drug-likeness (QED) is 0.561. The summed E-state index contributed by atoms with van der Waals surface area (Å²) in [7, 11) is 0. The van der Waals surface area contributed by atoms with Gasteiger partial charge in [0.25, 0.3) is 0 Å². The minimum atomic E-state index is 1.23. The highest BCUT2D eigenvalue weighted by Gasteiger charge is 2.14. The lowest BCUT2D eigenvalue weighted by Crippen LogP contribution is -1.79. The lowest BCUT2D eigenvalue weighted by Gasteiger charge is -1.98. The molecule has 0 nitrogen and oxygen atoms in total. The van der Waals surface area contributed by atoms with Gasteiger partial charge in [0.05, 0.1) is 0 Å². The van der Waals surface area contributed by atoms with Gasteiger partial charge in [0.2, 0.25) is 0 Å². The molecule has 0 saturated heterocycles. The summed E-state index contributed by atoms with van der Waals surface area (Å²) < 4.78 is 0. The van der Waals surface area contributed by atoms with Crippen LogP contribution in [0.5, 0.6) is 0 Å². The number of hydrogen-bond donors (Lipinski definition) is 0. The first-order chi connectivity index (χ1) is 5.20. The van der Waals surface area contributed by atoms with Gasteiger partial charge in [0.15, 0.2) is 0 Å². The molecule has 0 heterocycles. The van der Waals surface area contributed by atoms with E-state index in [2.05, 4.69) is 27.7 Å². The van der Waals surface area contributed by atoms with Crippen molar-refractivity contribution in [3.8, 4) is 0 Å². The molecule has 0 amide bonds. The lowest BCUT2D eigenvalue weighted by molar-refractivity contribution is 0.952. The Morgan fingerprint density at radius 3 is 1.45 bits per heavy atom. The third kappa shape index (κ3) is 1.40. The molecular formula is C11H18. The molecule has 62 valence electrons. The van der Waals surface area contributed by atoms with E-state index in [4.69, 9.17) is 0 Å². The first-order valence-electron chi connectivity index (χ1n) is 4.58. The molecule has 0 aromatic heterocycles. The highest BCUT2D eigenvalue weighted by atomic mass is 14.2. The van der Waals surface area contributed by atoms with Crippen LogP contribution in [-0.2, 0) is 0 Å². The average Bonchev–Trinajstić information content (AvgIpc) is 2.30. The van der Waals surface area contributed by atoms with Crippen LogP contribution in [0.25, 0.3) is 0 Å². The molecule has 0 heteroatoms. The second-order valence-corrected chi connectivity index (χ2v) is 3.34. The summed E-state index contributed by atoms with van der Waals surface area (Å²) in [4.78, 5) is 0. The Morgan fingerprint density at radius 2 is 1.27 bits per heavy atom. The molecule has 1 rings (SSSR count). The molecule has 1 aliphatic rings. The van der Waals surface area contributed by atoms with Gasteiger partial charge in [-0.1, -0.05) is 25.0 Å². The van der Waals surface area contributed by atoms with Crippen molar-refractivity contribution in [1.29, 1.82) is 0 Å². The van der Waals surface area contributed by atoms with Crippen molar-refractivity contribution >= 4 is 0 Å².